The summed E-state index contributed by atoms with van der Waals surface area (Å²) in [6.45, 7) is 14.2. The Bertz CT molecular complexity index is 9670. The van der Waals surface area contributed by atoms with Gasteiger partial charge in [0.1, 0.15) is 35.4 Å². The molecule has 0 fully saturated rings. The van der Waals surface area contributed by atoms with Crippen LogP contribution in [-0.4, -0.2) is 78.2 Å². The SMILES string of the molecule is C[Si]1(C)c2ccc(-c3nc(-c4ccccc4)nc(-c4ccccc4)n3)cc2P(=O)(c2ccccc2)c2cc3c4ccccc4n(-c4ccccc4)c3cc21.C[Si]1(C)c2ccccc2P(=O)(c2ccccc2)c2cc3c(cc21)oc1ccc(-c2nc(-c4ccccc4)nc(-c4ccccc4)n2)cc13.C[Si]1(C)c2ccccc2P(=O)(c2ccccc2)c2cc3c4ccccc4n(-c4nc(-c5ccccc5)nc(-c5ccccc5)n4)c3cc21. The van der Waals surface area contributed by atoms with Crippen LogP contribution < -0.4 is 78.9 Å². The van der Waals surface area contributed by atoms with Crippen LogP contribution in [0.15, 0.2) is 478 Å². The molecule has 28 rings (SSSR count). The van der Waals surface area contributed by atoms with Crippen molar-refractivity contribution >= 4 is 190 Å². The molecule has 3 aliphatic heterocycles. The monoisotopic (exact) mass is 2040 g/mol. The Labute approximate surface area is 870 Å². The Kier molecular flexibility index (Phi) is 22.8. The van der Waals surface area contributed by atoms with Gasteiger partial charge >= 0.3 is 0 Å². The van der Waals surface area contributed by atoms with Crippen molar-refractivity contribution in [3.05, 3.63) is 473 Å². The van der Waals surface area contributed by atoms with E-state index in [1.54, 1.807) is 0 Å². The van der Waals surface area contributed by atoms with Crippen LogP contribution in [0.2, 0.25) is 39.3 Å². The molecule has 21 heteroatoms. The van der Waals surface area contributed by atoms with Gasteiger partial charge in [0.25, 0.3) is 0 Å². The van der Waals surface area contributed by atoms with Crippen molar-refractivity contribution in [3.63, 3.8) is 0 Å². The molecule has 6 aromatic heterocycles. The van der Waals surface area contributed by atoms with E-state index in [2.05, 4.69) is 224 Å². The summed E-state index contributed by atoms with van der Waals surface area (Å²) in [5.74, 6) is 5.32. The molecule has 3 unspecified atom stereocenters. The van der Waals surface area contributed by atoms with Crippen LogP contribution in [0.25, 0.3) is 168 Å². The molecule has 718 valence electrons. The van der Waals surface area contributed by atoms with Gasteiger partial charge in [0, 0.05) is 130 Å². The first-order chi connectivity index (χ1) is 73.3. The minimum absolute atomic E-state index is 0.552. The van der Waals surface area contributed by atoms with Crippen LogP contribution in [0.1, 0.15) is 0 Å². The summed E-state index contributed by atoms with van der Waals surface area (Å²) in [7, 11) is -16.7. The highest BCUT2D eigenvalue weighted by atomic mass is 31.2. The number of para-hydroxylation sites is 3. The van der Waals surface area contributed by atoms with Crippen molar-refractivity contribution in [3.8, 4) is 103 Å². The van der Waals surface area contributed by atoms with Gasteiger partial charge in [-0.2, -0.15) is 9.97 Å². The molecular formula is C129H96N11O4P3Si3. The topological polar surface area (TPSA) is 190 Å². The molecule has 0 radical (unpaired) electrons. The first kappa shape index (κ1) is 92.8. The normalized spacial score (nSPS) is 16.3. The Hall–Kier alpha value is -17.0. The zero-order valence-corrected chi connectivity index (χ0v) is 88.6. The van der Waals surface area contributed by atoms with E-state index in [4.69, 9.17) is 49.3 Å². The van der Waals surface area contributed by atoms with E-state index in [0.717, 1.165) is 169 Å². The molecule has 0 aliphatic carbocycles. The largest absolute Gasteiger partial charge is 0.456 e. The predicted octanol–water partition coefficient (Wildman–Crippen LogP) is 23.4. The third-order valence-electron chi connectivity index (χ3n) is 30.2. The number of aromatic nitrogens is 11. The molecule has 3 atom stereocenters. The fourth-order valence-electron chi connectivity index (χ4n) is 22.7. The highest BCUT2D eigenvalue weighted by molar-refractivity contribution is 7.88. The molecule has 0 spiro atoms. The van der Waals surface area contributed by atoms with Gasteiger partial charge in [-0.05, 0) is 116 Å². The fraction of sp³-hybridized carbons (Fsp3) is 0.0465. The third kappa shape index (κ3) is 15.4. The van der Waals surface area contributed by atoms with Crippen LogP contribution in [0.4, 0.5) is 0 Å². The van der Waals surface area contributed by atoms with Crippen LogP contribution >= 0.6 is 21.4 Å². The van der Waals surface area contributed by atoms with E-state index >= 15 is 13.7 Å². The van der Waals surface area contributed by atoms with Gasteiger partial charge < -0.3 is 22.7 Å². The Morgan fingerprint density at radius 2 is 0.467 bits per heavy atom. The quantitative estimate of drug-likeness (QED) is 0.0783. The van der Waals surface area contributed by atoms with Gasteiger partial charge in [-0.1, -0.05) is 428 Å². The second-order valence-corrected chi connectivity index (χ2v) is 61.1. The second-order valence-electron chi connectivity index (χ2n) is 40.1. The number of rotatable bonds is 13. The molecule has 0 saturated heterocycles. The highest BCUT2D eigenvalue weighted by Crippen LogP contribution is 2.51. The van der Waals surface area contributed by atoms with Gasteiger partial charge in [-0.25, -0.2) is 34.9 Å². The average molecular weight is 2040 g/mol. The maximum absolute atomic E-state index is 16.5. The summed E-state index contributed by atoms with van der Waals surface area (Å²) in [6.07, 6.45) is 0. The lowest BCUT2D eigenvalue weighted by Crippen LogP contribution is -2.67. The number of nitrogens with zero attached hydrogens (tertiary/aromatic N) is 11. The molecule has 0 amide bonds. The number of hydrogen-bond acceptors (Lipinski definition) is 13. The number of benzene rings is 19. The molecule has 9 heterocycles. The summed E-state index contributed by atoms with van der Waals surface area (Å²) in [5.41, 5.74) is 14.1. The van der Waals surface area contributed by atoms with Gasteiger partial charge in [0.2, 0.25) is 5.95 Å². The molecule has 15 nitrogen and oxygen atoms in total. The van der Waals surface area contributed by atoms with Crippen LogP contribution in [0.5, 0.6) is 0 Å². The Morgan fingerprint density at radius 1 is 0.193 bits per heavy atom. The van der Waals surface area contributed by atoms with E-state index in [1.807, 2.05) is 297 Å². The first-order valence-electron chi connectivity index (χ1n) is 50.4. The third-order valence-corrected chi connectivity index (χ3v) is 51.5. The molecule has 0 N–H and O–H groups in total. The molecule has 25 aromatic rings. The van der Waals surface area contributed by atoms with Crippen molar-refractivity contribution in [1.29, 1.82) is 0 Å². The lowest BCUT2D eigenvalue weighted by atomic mass is 10.1. The number of furan rings is 1. The maximum Gasteiger partial charge on any atom is 0.238 e. The summed E-state index contributed by atoms with van der Waals surface area (Å²) in [5, 5.41) is 21.6. The molecule has 0 bridgehead atoms. The zero-order chi connectivity index (χ0) is 101. The van der Waals surface area contributed by atoms with E-state index in [1.165, 1.54) is 25.9 Å². The van der Waals surface area contributed by atoms with Crippen LogP contribution in [0.3, 0.4) is 0 Å². The molecule has 3 aliphatic rings. The lowest BCUT2D eigenvalue weighted by Gasteiger charge is -2.38. The summed E-state index contributed by atoms with van der Waals surface area (Å²) in [6, 6.07) is 160. The highest BCUT2D eigenvalue weighted by Gasteiger charge is 2.51. The van der Waals surface area contributed by atoms with Gasteiger partial charge in [-0.3, -0.25) is 4.57 Å². The zero-order valence-electron chi connectivity index (χ0n) is 82.9. The standard InChI is InChI=1S/C47H35N4OPSi.C41H31N4OPSi.C41H30N3O2PSi/c1-54(2)43-28-27-34(47-49-45(32-17-7-3-8-18-32)48-46(50-47)33-19-9-4-10-20-33)29-41(43)53(52,36-23-13-6-14-24-36)42-30-38-37-25-15-16-26-39(37)51(40(38)31-44(42)54)35-21-11-5-12-22-35;1-48(2)37-25-15-14-24-35(37)47(46,30-20-10-5-11-21-30)36-26-32-31-22-12-13-23-33(31)45(34(32)27-38(36)48)41-43-39(28-16-6-3-7-17-28)42-40(44-41)29-18-8-4-9-19-29;1-48(2)37-21-13-12-20-35(37)47(45,30-18-10-5-11-19-30)36-25-32-31-24-29(22-23-33(31)46-34(32)26-38(36)48)41-43-39(27-14-6-3-7-15-27)42-40(44-41)28-16-8-4-9-17-28/h3-31H,1-2H3;3-27H,1-2H3;3-26H,1-2H3. The summed E-state index contributed by atoms with van der Waals surface area (Å²) in [4.78, 5) is 45.0. The van der Waals surface area contributed by atoms with Gasteiger partial charge in [-0.15, -0.1) is 0 Å². The Balaban J connectivity index is 0.000000114. The number of hydrogen-bond donors (Lipinski definition) is 0. The first-order valence-corrected chi connectivity index (χ1v) is 64.6. The van der Waals surface area contributed by atoms with Crippen molar-refractivity contribution in [2.75, 3.05) is 0 Å². The predicted molar refractivity (Wildman–Crippen MR) is 627 cm³/mol. The maximum atomic E-state index is 16.5. The molecular weight excluding hydrogens is 1940 g/mol. The van der Waals surface area contributed by atoms with Crippen molar-refractivity contribution < 1.29 is 18.1 Å². The van der Waals surface area contributed by atoms with Gasteiger partial charge in [0.05, 0.1) is 22.1 Å². The second kappa shape index (κ2) is 36.8. The van der Waals surface area contributed by atoms with E-state index in [-0.39, 0.29) is 0 Å². The van der Waals surface area contributed by atoms with Crippen molar-refractivity contribution in [2.45, 2.75) is 39.3 Å². The van der Waals surface area contributed by atoms with Gasteiger partial charge in [0.15, 0.2) is 68.0 Å². The van der Waals surface area contributed by atoms with Crippen LogP contribution in [0, 0.1) is 0 Å². The summed E-state index contributed by atoms with van der Waals surface area (Å²) >= 11 is 0. The van der Waals surface area contributed by atoms with E-state index in [9.17, 15) is 0 Å². The molecule has 0 saturated carbocycles. The van der Waals surface area contributed by atoms with Crippen LogP contribution in [-0.2, 0) is 13.7 Å². The average Bonchev–Trinajstić information content (AvgIpc) is 1.32. The smallest absolute Gasteiger partial charge is 0.238 e. The minimum Gasteiger partial charge on any atom is -0.456 e. The molecule has 150 heavy (non-hydrogen) atoms. The fourth-order valence-corrected chi connectivity index (χ4v) is 47.2. The lowest BCUT2D eigenvalue weighted by molar-refractivity contribution is 0.591. The van der Waals surface area contributed by atoms with Crippen molar-refractivity contribution in [1.82, 2.24) is 54.0 Å². The number of fused-ring (bicyclic) bond motifs is 15. The van der Waals surface area contributed by atoms with E-state index < -0.39 is 45.6 Å². The summed E-state index contributed by atoms with van der Waals surface area (Å²) < 4.78 is 59.1. The molecule has 19 aromatic carbocycles. The van der Waals surface area contributed by atoms with Crippen molar-refractivity contribution in [2.24, 2.45) is 0 Å². The Morgan fingerprint density at radius 3 is 0.860 bits per heavy atom. The minimum atomic E-state index is -3.40. The van der Waals surface area contributed by atoms with E-state index in [0.29, 0.717) is 52.5 Å².